The van der Waals surface area contributed by atoms with Gasteiger partial charge in [0, 0.05) is 6.54 Å². The lowest BCUT2D eigenvalue weighted by Crippen LogP contribution is -2.31. The summed E-state index contributed by atoms with van der Waals surface area (Å²) >= 11 is 0. The van der Waals surface area contributed by atoms with Crippen LogP contribution in [0.25, 0.3) is 0 Å². The summed E-state index contributed by atoms with van der Waals surface area (Å²) in [6, 6.07) is 8.52. The molecule has 3 N–H and O–H groups in total. The summed E-state index contributed by atoms with van der Waals surface area (Å²) in [5, 5.41) is 2.97. The molecule has 16 heavy (non-hydrogen) atoms. The monoisotopic (exact) mass is 219 g/mol. The van der Waals surface area contributed by atoms with E-state index in [-0.39, 0.29) is 0 Å². The minimum absolute atomic E-state index is 0.510. The Hall–Kier alpha value is -1.51. The summed E-state index contributed by atoms with van der Waals surface area (Å²) < 4.78 is 0. The van der Waals surface area contributed by atoms with Crippen LogP contribution in [0, 0.1) is 0 Å². The average molecular weight is 219 g/mol. The largest absolute Gasteiger partial charge is 0.370 e. The van der Waals surface area contributed by atoms with Gasteiger partial charge in [0.25, 0.3) is 0 Å². The van der Waals surface area contributed by atoms with Gasteiger partial charge in [0.15, 0.2) is 5.96 Å². The standard InChI is InChI=1S/C13H21N3/c1-4-15-13(14)16-9-11-5-7-12(8-6-11)10(2)3/h5-8,10H,4,9H2,1-3H3,(H3,14,15,16). The second-order valence-corrected chi connectivity index (χ2v) is 4.13. The highest BCUT2D eigenvalue weighted by Crippen LogP contribution is 2.14. The van der Waals surface area contributed by atoms with E-state index in [9.17, 15) is 0 Å². The van der Waals surface area contributed by atoms with Crippen molar-refractivity contribution >= 4 is 5.96 Å². The van der Waals surface area contributed by atoms with Gasteiger partial charge in [-0.05, 0) is 24.0 Å². The molecule has 0 radical (unpaired) electrons. The smallest absolute Gasteiger partial charge is 0.188 e. The predicted octanol–water partition coefficient (Wildman–Crippen LogP) is 2.23. The summed E-state index contributed by atoms with van der Waals surface area (Å²) in [4.78, 5) is 4.24. The van der Waals surface area contributed by atoms with Crippen LogP contribution in [0.3, 0.4) is 0 Å². The van der Waals surface area contributed by atoms with Crippen molar-refractivity contribution in [2.45, 2.75) is 33.2 Å². The fraction of sp³-hybridized carbons (Fsp3) is 0.462. The Morgan fingerprint density at radius 1 is 1.31 bits per heavy atom. The number of hydrogen-bond donors (Lipinski definition) is 2. The molecule has 3 nitrogen and oxygen atoms in total. The van der Waals surface area contributed by atoms with Crippen molar-refractivity contribution in [2.75, 3.05) is 6.54 Å². The first-order chi connectivity index (χ1) is 7.63. The molecule has 0 aliphatic carbocycles. The highest BCUT2D eigenvalue weighted by molar-refractivity contribution is 5.77. The summed E-state index contributed by atoms with van der Waals surface area (Å²) in [7, 11) is 0. The number of rotatable bonds is 4. The molecule has 0 aromatic heterocycles. The van der Waals surface area contributed by atoms with Gasteiger partial charge < -0.3 is 11.1 Å². The van der Waals surface area contributed by atoms with E-state index in [1.807, 2.05) is 6.92 Å². The first-order valence-electron chi connectivity index (χ1n) is 5.76. The third-order valence-electron chi connectivity index (χ3n) is 2.44. The van der Waals surface area contributed by atoms with Crippen LogP contribution in [0.5, 0.6) is 0 Å². The van der Waals surface area contributed by atoms with Crippen LogP contribution in [0.2, 0.25) is 0 Å². The quantitative estimate of drug-likeness (QED) is 0.602. The zero-order chi connectivity index (χ0) is 12.0. The van der Waals surface area contributed by atoms with Gasteiger partial charge in [-0.2, -0.15) is 0 Å². The van der Waals surface area contributed by atoms with Crippen LogP contribution < -0.4 is 11.1 Å². The molecular formula is C13H21N3. The van der Waals surface area contributed by atoms with Gasteiger partial charge in [-0.25, -0.2) is 4.99 Å². The number of benzene rings is 1. The summed E-state index contributed by atoms with van der Waals surface area (Å²) in [5.74, 6) is 1.08. The Labute approximate surface area is 97.8 Å². The maximum Gasteiger partial charge on any atom is 0.188 e. The summed E-state index contributed by atoms with van der Waals surface area (Å²) in [6.07, 6.45) is 0. The molecule has 1 aromatic rings. The Morgan fingerprint density at radius 2 is 1.94 bits per heavy atom. The molecule has 0 amide bonds. The first kappa shape index (κ1) is 12.6. The van der Waals surface area contributed by atoms with E-state index < -0.39 is 0 Å². The van der Waals surface area contributed by atoms with Crippen molar-refractivity contribution in [1.82, 2.24) is 5.32 Å². The van der Waals surface area contributed by atoms with Crippen molar-refractivity contribution in [3.8, 4) is 0 Å². The van der Waals surface area contributed by atoms with Crippen molar-refractivity contribution in [1.29, 1.82) is 0 Å². The van der Waals surface area contributed by atoms with Crippen LogP contribution in [0.1, 0.15) is 37.8 Å². The predicted molar refractivity (Wildman–Crippen MR) is 69.5 cm³/mol. The number of guanidine groups is 1. The Kier molecular flexibility index (Phi) is 4.83. The molecule has 0 bridgehead atoms. The van der Waals surface area contributed by atoms with E-state index in [4.69, 9.17) is 5.73 Å². The van der Waals surface area contributed by atoms with E-state index in [0.29, 0.717) is 18.4 Å². The second kappa shape index (κ2) is 6.16. The van der Waals surface area contributed by atoms with Crippen LogP contribution >= 0.6 is 0 Å². The zero-order valence-electron chi connectivity index (χ0n) is 10.3. The fourth-order valence-electron chi connectivity index (χ4n) is 1.42. The topological polar surface area (TPSA) is 50.4 Å². The molecule has 1 rings (SSSR count). The van der Waals surface area contributed by atoms with Crippen molar-refractivity contribution in [3.05, 3.63) is 35.4 Å². The van der Waals surface area contributed by atoms with Gasteiger partial charge in [-0.1, -0.05) is 38.1 Å². The fourth-order valence-corrected chi connectivity index (χ4v) is 1.42. The van der Waals surface area contributed by atoms with Gasteiger partial charge in [0.2, 0.25) is 0 Å². The van der Waals surface area contributed by atoms with Gasteiger partial charge in [-0.3, -0.25) is 0 Å². The summed E-state index contributed by atoms with van der Waals surface area (Å²) in [5.41, 5.74) is 8.19. The normalized spacial score (nSPS) is 11.9. The maximum atomic E-state index is 5.65. The molecule has 0 fully saturated rings. The molecule has 0 saturated heterocycles. The Bertz CT molecular complexity index is 339. The van der Waals surface area contributed by atoms with Gasteiger partial charge in [0.1, 0.15) is 0 Å². The van der Waals surface area contributed by atoms with E-state index in [1.54, 1.807) is 0 Å². The van der Waals surface area contributed by atoms with Crippen LogP contribution in [-0.4, -0.2) is 12.5 Å². The molecule has 88 valence electrons. The molecule has 0 heterocycles. The molecular weight excluding hydrogens is 198 g/mol. The van der Waals surface area contributed by atoms with Gasteiger partial charge >= 0.3 is 0 Å². The van der Waals surface area contributed by atoms with E-state index >= 15 is 0 Å². The van der Waals surface area contributed by atoms with Crippen LogP contribution in [0.15, 0.2) is 29.3 Å². The number of aliphatic imine (C=N–C) groups is 1. The SMILES string of the molecule is CCNC(N)=NCc1ccc(C(C)C)cc1. The van der Waals surface area contributed by atoms with Crippen molar-refractivity contribution in [3.63, 3.8) is 0 Å². The minimum atomic E-state index is 0.510. The third kappa shape index (κ3) is 3.93. The maximum absolute atomic E-state index is 5.65. The highest BCUT2D eigenvalue weighted by atomic mass is 15.1. The van der Waals surface area contributed by atoms with Crippen LogP contribution in [-0.2, 0) is 6.54 Å². The molecule has 0 aliphatic rings. The second-order valence-electron chi connectivity index (χ2n) is 4.13. The van der Waals surface area contributed by atoms with E-state index in [2.05, 4.69) is 48.4 Å². The molecule has 1 aromatic carbocycles. The third-order valence-corrected chi connectivity index (χ3v) is 2.44. The lowest BCUT2D eigenvalue weighted by Gasteiger charge is -2.06. The number of nitrogens with zero attached hydrogens (tertiary/aromatic N) is 1. The first-order valence-corrected chi connectivity index (χ1v) is 5.76. The van der Waals surface area contributed by atoms with Crippen LogP contribution in [0.4, 0.5) is 0 Å². The molecule has 0 atom stereocenters. The molecule has 0 unspecified atom stereocenters. The van der Waals surface area contributed by atoms with E-state index in [1.165, 1.54) is 11.1 Å². The van der Waals surface area contributed by atoms with Gasteiger partial charge in [0.05, 0.1) is 6.54 Å². The molecule has 0 aliphatic heterocycles. The summed E-state index contributed by atoms with van der Waals surface area (Å²) in [6.45, 7) is 7.82. The number of nitrogens with one attached hydrogen (secondary N) is 1. The molecule has 0 spiro atoms. The average Bonchev–Trinajstić information content (AvgIpc) is 2.27. The lowest BCUT2D eigenvalue weighted by molar-refractivity contribution is 0.863. The number of nitrogens with two attached hydrogens (primary N) is 1. The zero-order valence-corrected chi connectivity index (χ0v) is 10.3. The molecule has 3 heteroatoms. The Balaban J connectivity index is 2.59. The highest BCUT2D eigenvalue weighted by Gasteiger charge is 1.98. The molecule has 0 saturated carbocycles. The van der Waals surface area contributed by atoms with E-state index in [0.717, 1.165) is 6.54 Å². The van der Waals surface area contributed by atoms with Crippen molar-refractivity contribution < 1.29 is 0 Å². The Morgan fingerprint density at radius 3 is 2.44 bits per heavy atom. The van der Waals surface area contributed by atoms with Gasteiger partial charge in [-0.15, -0.1) is 0 Å². The minimum Gasteiger partial charge on any atom is -0.370 e. The lowest BCUT2D eigenvalue weighted by atomic mass is 10.0. The number of hydrogen-bond acceptors (Lipinski definition) is 1. The van der Waals surface area contributed by atoms with Crippen molar-refractivity contribution in [2.24, 2.45) is 10.7 Å².